The lowest BCUT2D eigenvalue weighted by molar-refractivity contribution is -0.137. The molecule has 0 radical (unpaired) electrons. The topological polar surface area (TPSA) is 38.3 Å². The highest BCUT2D eigenvalue weighted by Crippen LogP contribution is 2.29. The smallest absolute Gasteiger partial charge is 0.416 e. The number of benzene rings is 2. The predicted molar refractivity (Wildman–Crippen MR) is 89.3 cm³/mol. The Labute approximate surface area is 144 Å². The summed E-state index contributed by atoms with van der Waals surface area (Å²) in [6.45, 7) is 2.63. The van der Waals surface area contributed by atoms with Gasteiger partial charge >= 0.3 is 12.1 Å². The molecule has 0 aliphatic heterocycles. The summed E-state index contributed by atoms with van der Waals surface area (Å²) in [5, 5.41) is 3.18. The van der Waals surface area contributed by atoms with Gasteiger partial charge in [-0.2, -0.15) is 13.2 Å². The summed E-state index contributed by atoms with van der Waals surface area (Å²) in [7, 11) is 0. The van der Waals surface area contributed by atoms with E-state index in [9.17, 15) is 18.0 Å². The molecule has 134 valence electrons. The minimum Gasteiger partial charge on any atom is -0.461 e. The summed E-state index contributed by atoms with van der Waals surface area (Å²) in [5.41, 5.74) is 0.666. The molecule has 1 atom stereocenters. The van der Waals surface area contributed by atoms with Crippen LogP contribution in [0.15, 0.2) is 54.6 Å². The third-order valence-corrected chi connectivity index (χ3v) is 3.66. The largest absolute Gasteiger partial charge is 0.461 e. The standard InChI is InChI=1S/C19H20F3NO2/c1-14(13-15-7-9-17(10-8-15)19(20,21)22)23-11-12-25-18(24)16-5-3-2-4-6-16/h2-10,14,23H,11-13H2,1H3. The van der Waals surface area contributed by atoms with Crippen LogP contribution in [-0.2, 0) is 17.3 Å². The Morgan fingerprint density at radius 2 is 1.72 bits per heavy atom. The molecule has 2 rings (SSSR count). The molecule has 0 heterocycles. The van der Waals surface area contributed by atoms with Crippen LogP contribution in [0.1, 0.15) is 28.4 Å². The summed E-state index contributed by atoms with van der Waals surface area (Å²) in [6, 6.07) is 13.9. The SMILES string of the molecule is CC(Cc1ccc(C(F)(F)F)cc1)NCCOC(=O)c1ccccc1. The first-order valence-corrected chi connectivity index (χ1v) is 7.98. The molecule has 0 aromatic heterocycles. The molecule has 0 fully saturated rings. The molecule has 25 heavy (non-hydrogen) atoms. The molecule has 0 amide bonds. The second-order valence-corrected chi connectivity index (χ2v) is 5.76. The van der Waals surface area contributed by atoms with E-state index in [2.05, 4.69) is 5.32 Å². The number of carbonyl (C=O) groups is 1. The fraction of sp³-hybridized carbons (Fsp3) is 0.316. The molecule has 0 bridgehead atoms. The number of alkyl halides is 3. The minimum atomic E-state index is -4.31. The first-order chi connectivity index (χ1) is 11.9. The molecule has 1 unspecified atom stereocenters. The van der Waals surface area contributed by atoms with Crippen LogP contribution in [0.4, 0.5) is 13.2 Å². The number of esters is 1. The molecule has 0 saturated heterocycles. The Morgan fingerprint density at radius 3 is 2.32 bits per heavy atom. The molecule has 2 aromatic carbocycles. The van der Waals surface area contributed by atoms with Gasteiger partial charge in [-0.05, 0) is 43.2 Å². The van der Waals surface area contributed by atoms with Gasteiger partial charge in [0, 0.05) is 12.6 Å². The summed E-state index contributed by atoms with van der Waals surface area (Å²) >= 11 is 0. The lowest BCUT2D eigenvalue weighted by Crippen LogP contribution is -2.31. The van der Waals surface area contributed by atoms with Crippen molar-refractivity contribution in [3.8, 4) is 0 Å². The minimum absolute atomic E-state index is 0.0483. The number of hydrogen-bond acceptors (Lipinski definition) is 3. The number of nitrogens with one attached hydrogen (secondary N) is 1. The maximum absolute atomic E-state index is 12.5. The Balaban J connectivity index is 1.70. The van der Waals surface area contributed by atoms with Gasteiger partial charge in [0.2, 0.25) is 0 Å². The number of halogens is 3. The first-order valence-electron chi connectivity index (χ1n) is 7.98. The maximum atomic E-state index is 12.5. The van der Waals surface area contributed by atoms with Crippen LogP contribution in [0.3, 0.4) is 0 Å². The number of ether oxygens (including phenoxy) is 1. The monoisotopic (exact) mass is 351 g/mol. The van der Waals surface area contributed by atoms with Crippen LogP contribution < -0.4 is 5.32 Å². The molecule has 0 aliphatic rings. The zero-order valence-corrected chi connectivity index (χ0v) is 13.8. The van der Waals surface area contributed by atoms with E-state index in [1.54, 1.807) is 24.3 Å². The van der Waals surface area contributed by atoms with Crippen LogP contribution in [0.25, 0.3) is 0 Å². The van der Waals surface area contributed by atoms with E-state index in [-0.39, 0.29) is 18.6 Å². The van der Waals surface area contributed by atoms with Gasteiger partial charge in [0.25, 0.3) is 0 Å². The highest BCUT2D eigenvalue weighted by Gasteiger charge is 2.29. The van der Waals surface area contributed by atoms with Crippen LogP contribution in [0, 0.1) is 0 Å². The molecular weight excluding hydrogens is 331 g/mol. The molecule has 0 saturated carbocycles. The van der Waals surface area contributed by atoms with Crippen molar-refractivity contribution in [1.29, 1.82) is 0 Å². The molecule has 1 N–H and O–H groups in total. The van der Waals surface area contributed by atoms with Crippen LogP contribution in [-0.4, -0.2) is 25.2 Å². The lowest BCUT2D eigenvalue weighted by atomic mass is 10.0. The number of hydrogen-bond donors (Lipinski definition) is 1. The average molecular weight is 351 g/mol. The van der Waals surface area contributed by atoms with E-state index < -0.39 is 11.7 Å². The maximum Gasteiger partial charge on any atom is 0.416 e. The van der Waals surface area contributed by atoms with Crippen molar-refractivity contribution in [3.05, 3.63) is 71.3 Å². The normalized spacial score (nSPS) is 12.6. The van der Waals surface area contributed by atoms with Crippen molar-refractivity contribution in [2.75, 3.05) is 13.2 Å². The molecule has 3 nitrogen and oxygen atoms in total. The van der Waals surface area contributed by atoms with Gasteiger partial charge in [0.1, 0.15) is 6.61 Å². The van der Waals surface area contributed by atoms with Crippen LogP contribution in [0.5, 0.6) is 0 Å². The summed E-state index contributed by atoms with van der Waals surface area (Å²) in [6.07, 6.45) is -3.73. The van der Waals surface area contributed by atoms with E-state index in [4.69, 9.17) is 4.74 Å². The van der Waals surface area contributed by atoms with E-state index in [0.29, 0.717) is 18.5 Å². The fourth-order valence-electron chi connectivity index (χ4n) is 2.36. The third-order valence-electron chi connectivity index (χ3n) is 3.66. The fourth-order valence-corrected chi connectivity index (χ4v) is 2.36. The second-order valence-electron chi connectivity index (χ2n) is 5.76. The van der Waals surface area contributed by atoms with Gasteiger partial charge in [0.15, 0.2) is 0 Å². The Kier molecular flexibility index (Phi) is 6.58. The quantitative estimate of drug-likeness (QED) is 0.603. The molecule has 0 aliphatic carbocycles. The molecule has 0 spiro atoms. The number of rotatable bonds is 7. The van der Waals surface area contributed by atoms with Crippen molar-refractivity contribution in [2.24, 2.45) is 0 Å². The van der Waals surface area contributed by atoms with Gasteiger partial charge in [-0.25, -0.2) is 4.79 Å². The highest BCUT2D eigenvalue weighted by atomic mass is 19.4. The Morgan fingerprint density at radius 1 is 1.08 bits per heavy atom. The average Bonchev–Trinajstić information content (AvgIpc) is 2.59. The summed E-state index contributed by atoms with van der Waals surface area (Å²) in [4.78, 5) is 11.8. The Bertz CT molecular complexity index is 669. The summed E-state index contributed by atoms with van der Waals surface area (Å²) in [5.74, 6) is -0.377. The highest BCUT2D eigenvalue weighted by molar-refractivity contribution is 5.89. The van der Waals surface area contributed by atoms with Crippen molar-refractivity contribution < 1.29 is 22.7 Å². The zero-order chi connectivity index (χ0) is 18.3. The third kappa shape index (κ3) is 6.23. The van der Waals surface area contributed by atoms with Crippen LogP contribution >= 0.6 is 0 Å². The van der Waals surface area contributed by atoms with Gasteiger partial charge in [-0.3, -0.25) is 0 Å². The van der Waals surface area contributed by atoms with E-state index in [0.717, 1.165) is 17.7 Å². The van der Waals surface area contributed by atoms with Crippen molar-refractivity contribution in [2.45, 2.75) is 25.6 Å². The van der Waals surface area contributed by atoms with E-state index in [1.165, 1.54) is 12.1 Å². The first kappa shape index (κ1) is 19.0. The van der Waals surface area contributed by atoms with Gasteiger partial charge in [0.05, 0.1) is 11.1 Å². The van der Waals surface area contributed by atoms with Gasteiger partial charge in [-0.1, -0.05) is 30.3 Å². The Hall–Kier alpha value is -2.34. The van der Waals surface area contributed by atoms with Crippen molar-refractivity contribution in [1.82, 2.24) is 5.32 Å². The van der Waals surface area contributed by atoms with Crippen LogP contribution in [0.2, 0.25) is 0 Å². The van der Waals surface area contributed by atoms with E-state index >= 15 is 0 Å². The summed E-state index contributed by atoms with van der Waals surface area (Å²) < 4.78 is 42.7. The number of carbonyl (C=O) groups excluding carboxylic acids is 1. The molecular formula is C19H20F3NO2. The van der Waals surface area contributed by atoms with Gasteiger partial charge in [-0.15, -0.1) is 0 Å². The van der Waals surface area contributed by atoms with Gasteiger partial charge < -0.3 is 10.1 Å². The molecule has 2 aromatic rings. The van der Waals surface area contributed by atoms with Crippen molar-refractivity contribution >= 4 is 5.97 Å². The van der Waals surface area contributed by atoms with E-state index in [1.807, 2.05) is 13.0 Å². The lowest BCUT2D eigenvalue weighted by Gasteiger charge is -2.14. The predicted octanol–water partition coefficient (Wildman–Crippen LogP) is 4.08. The van der Waals surface area contributed by atoms with Crippen molar-refractivity contribution in [3.63, 3.8) is 0 Å². The molecule has 6 heteroatoms. The zero-order valence-electron chi connectivity index (χ0n) is 13.8. The second kappa shape index (κ2) is 8.67.